The zero-order chi connectivity index (χ0) is 28.6. The fraction of sp³-hybridized carbons (Fsp3) is 0.531. The Morgan fingerprint density at radius 1 is 0.974 bits per heavy atom. The van der Waals surface area contributed by atoms with Crippen molar-refractivity contribution in [2.45, 2.75) is 104 Å². The quantitative estimate of drug-likeness (QED) is 0.374. The van der Waals surface area contributed by atoms with Gasteiger partial charge in [0.2, 0.25) is 11.8 Å². The second kappa shape index (κ2) is 13.6. The number of benzene rings is 2. The molecule has 1 fully saturated rings. The van der Waals surface area contributed by atoms with Crippen LogP contribution in [0.2, 0.25) is 0 Å². The first-order valence-electron chi connectivity index (χ1n) is 14.3. The summed E-state index contributed by atoms with van der Waals surface area (Å²) in [5, 5.41) is 5.92. The summed E-state index contributed by atoms with van der Waals surface area (Å²) >= 11 is 0. The number of rotatable bonds is 11. The number of alkyl carbamates (subject to hydrolysis) is 1. The number of hydrogen-bond acceptors (Lipinski definition) is 4. The van der Waals surface area contributed by atoms with Crippen LogP contribution < -0.4 is 10.6 Å². The van der Waals surface area contributed by atoms with E-state index in [-0.39, 0.29) is 23.8 Å². The molecule has 39 heavy (non-hydrogen) atoms. The molecule has 3 rings (SSSR count). The van der Waals surface area contributed by atoms with Gasteiger partial charge in [-0.3, -0.25) is 9.59 Å². The molecule has 0 spiro atoms. The lowest BCUT2D eigenvalue weighted by Gasteiger charge is -2.44. The second-order valence-corrected chi connectivity index (χ2v) is 11.5. The van der Waals surface area contributed by atoms with Crippen LogP contribution in [-0.2, 0) is 27.3 Å². The van der Waals surface area contributed by atoms with E-state index >= 15 is 0 Å². The van der Waals surface area contributed by atoms with Crippen LogP contribution in [0.3, 0.4) is 0 Å². The predicted molar refractivity (Wildman–Crippen MR) is 154 cm³/mol. The fourth-order valence-corrected chi connectivity index (χ4v) is 4.72. The summed E-state index contributed by atoms with van der Waals surface area (Å²) in [7, 11) is 0. The van der Waals surface area contributed by atoms with E-state index in [1.54, 1.807) is 25.7 Å². The van der Waals surface area contributed by atoms with Crippen LogP contribution in [0.15, 0.2) is 54.6 Å². The summed E-state index contributed by atoms with van der Waals surface area (Å²) in [6, 6.07) is 16.0. The maximum Gasteiger partial charge on any atom is 0.408 e. The molecular weight excluding hydrogens is 490 g/mol. The predicted octanol–water partition coefficient (Wildman–Crippen LogP) is 5.93. The monoisotopic (exact) mass is 535 g/mol. The summed E-state index contributed by atoms with van der Waals surface area (Å²) in [5.41, 5.74) is 2.21. The molecule has 0 aromatic heterocycles. The number of aryl methyl sites for hydroxylation is 1. The van der Waals surface area contributed by atoms with Crippen LogP contribution in [0.25, 0.3) is 0 Å². The topological polar surface area (TPSA) is 87.7 Å². The number of hydrogen-bond donors (Lipinski definition) is 2. The van der Waals surface area contributed by atoms with Crippen molar-refractivity contribution in [2.75, 3.05) is 0 Å². The van der Waals surface area contributed by atoms with E-state index in [4.69, 9.17) is 4.74 Å². The normalized spacial score (nSPS) is 15.8. The highest BCUT2D eigenvalue weighted by Crippen LogP contribution is 2.34. The largest absolute Gasteiger partial charge is 0.444 e. The van der Waals surface area contributed by atoms with Gasteiger partial charge in [0.05, 0.1) is 0 Å². The van der Waals surface area contributed by atoms with Crippen molar-refractivity contribution < 1.29 is 19.1 Å². The minimum atomic E-state index is -0.815. The summed E-state index contributed by atoms with van der Waals surface area (Å²) in [4.78, 5) is 42.8. The van der Waals surface area contributed by atoms with E-state index in [1.165, 1.54) is 0 Å². The Hall–Kier alpha value is -3.35. The molecule has 212 valence electrons. The molecule has 1 saturated carbocycles. The molecule has 7 heteroatoms. The van der Waals surface area contributed by atoms with E-state index in [1.807, 2.05) is 68.4 Å². The fourth-order valence-electron chi connectivity index (χ4n) is 4.72. The van der Waals surface area contributed by atoms with Crippen molar-refractivity contribution in [1.82, 2.24) is 15.5 Å². The molecule has 3 amide bonds. The molecule has 2 aromatic carbocycles. The van der Waals surface area contributed by atoms with E-state index < -0.39 is 23.8 Å². The van der Waals surface area contributed by atoms with Gasteiger partial charge in [0.1, 0.15) is 17.7 Å². The van der Waals surface area contributed by atoms with Crippen LogP contribution in [0.5, 0.6) is 0 Å². The standard InChI is InChI=1S/C32H45N3O4/c1-7-22(3)27(34-31(38)39-32(4,5)6)30(37)35(26-15-12-16-26)28(25-19-17-23(8-2)18-20-25)29(36)33-21-24-13-10-9-11-14-24/h9-11,13-14,17-20,22,26-28H,7-8,12,15-16,21H2,1-6H3,(H,33,36)(H,34,38). The molecule has 2 N–H and O–H groups in total. The van der Waals surface area contributed by atoms with Gasteiger partial charge >= 0.3 is 6.09 Å². The summed E-state index contributed by atoms with van der Waals surface area (Å²) in [6.07, 6.45) is 3.57. The number of ether oxygens (including phenoxy) is 1. The number of amides is 3. The molecule has 0 radical (unpaired) electrons. The van der Waals surface area contributed by atoms with E-state index in [0.717, 1.165) is 42.4 Å². The molecule has 3 atom stereocenters. The smallest absolute Gasteiger partial charge is 0.408 e. The number of nitrogens with zero attached hydrogens (tertiary/aromatic N) is 1. The first-order chi connectivity index (χ1) is 18.5. The third kappa shape index (κ3) is 8.32. The summed E-state index contributed by atoms with van der Waals surface area (Å²) in [6.45, 7) is 11.8. The minimum absolute atomic E-state index is 0.0807. The molecular formula is C32H45N3O4. The minimum Gasteiger partial charge on any atom is -0.444 e. The van der Waals surface area contributed by atoms with E-state index in [9.17, 15) is 14.4 Å². The molecule has 7 nitrogen and oxygen atoms in total. The van der Waals surface area contributed by atoms with Gasteiger partial charge in [0.15, 0.2) is 0 Å². The van der Waals surface area contributed by atoms with Crippen molar-refractivity contribution in [3.05, 3.63) is 71.3 Å². The zero-order valence-corrected chi connectivity index (χ0v) is 24.3. The highest BCUT2D eigenvalue weighted by molar-refractivity contribution is 5.92. The lowest BCUT2D eigenvalue weighted by atomic mass is 9.86. The van der Waals surface area contributed by atoms with Gasteiger partial charge < -0.3 is 20.3 Å². The Morgan fingerprint density at radius 2 is 1.62 bits per heavy atom. The molecule has 0 heterocycles. The van der Waals surface area contributed by atoms with Gasteiger partial charge in [-0.15, -0.1) is 0 Å². The van der Waals surface area contributed by atoms with Gasteiger partial charge in [-0.25, -0.2) is 4.79 Å². The Balaban J connectivity index is 1.98. The molecule has 2 aromatic rings. The van der Waals surface area contributed by atoms with Crippen LogP contribution in [0, 0.1) is 5.92 Å². The van der Waals surface area contributed by atoms with Gasteiger partial charge in [-0.1, -0.05) is 81.8 Å². The van der Waals surface area contributed by atoms with Gasteiger partial charge in [-0.2, -0.15) is 0 Å². The molecule has 3 unspecified atom stereocenters. The maximum atomic E-state index is 14.4. The van der Waals surface area contributed by atoms with Crippen LogP contribution in [0.4, 0.5) is 4.79 Å². The molecule has 1 aliphatic carbocycles. The third-order valence-corrected chi connectivity index (χ3v) is 7.41. The van der Waals surface area contributed by atoms with Gasteiger partial charge in [0.25, 0.3) is 0 Å². The molecule has 0 aliphatic heterocycles. The van der Waals surface area contributed by atoms with Crippen molar-refractivity contribution in [2.24, 2.45) is 5.92 Å². The first kappa shape index (κ1) is 30.2. The van der Waals surface area contributed by atoms with E-state index in [2.05, 4.69) is 17.6 Å². The van der Waals surface area contributed by atoms with Crippen LogP contribution >= 0.6 is 0 Å². The Bertz CT molecular complexity index is 1090. The molecule has 0 saturated heterocycles. The Kier molecular flexibility index (Phi) is 10.6. The SMILES string of the molecule is CCc1ccc(C(C(=O)NCc2ccccc2)N(C(=O)C(NC(=O)OC(C)(C)C)C(C)CC)C2CCC2)cc1. The maximum absolute atomic E-state index is 14.4. The van der Waals surface area contributed by atoms with Crippen molar-refractivity contribution in [1.29, 1.82) is 0 Å². The summed E-state index contributed by atoms with van der Waals surface area (Å²) < 4.78 is 5.50. The average molecular weight is 536 g/mol. The van der Waals surface area contributed by atoms with Crippen molar-refractivity contribution in [3.8, 4) is 0 Å². The van der Waals surface area contributed by atoms with Crippen LogP contribution in [0.1, 0.15) is 90.0 Å². The van der Waals surface area contributed by atoms with Gasteiger partial charge in [-0.05, 0) is 69.1 Å². The number of carbonyl (C=O) groups excluding carboxylic acids is 3. The Morgan fingerprint density at radius 3 is 2.13 bits per heavy atom. The third-order valence-electron chi connectivity index (χ3n) is 7.41. The zero-order valence-electron chi connectivity index (χ0n) is 24.3. The molecule has 0 bridgehead atoms. The van der Waals surface area contributed by atoms with Crippen molar-refractivity contribution >= 4 is 17.9 Å². The average Bonchev–Trinajstić information content (AvgIpc) is 2.88. The van der Waals surface area contributed by atoms with Gasteiger partial charge in [0, 0.05) is 12.6 Å². The second-order valence-electron chi connectivity index (χ2n) is 11.5. The van der Waals surface area contributed by atoms with E-state index in [0.29, 0.717) is 13.0 Å². The summed E-state index contributed by atoms with van der Waals surface area (Å²) in [5.74, 6) is -0.633. The number of carbonyl (C=O) groups is 3. The first-order valence-corrected chi connectivity index (χ1v) is 14.3. The van der Waals surface area contributed by atoms with Crippen molar-refractivity contribution in [3.63, 3.8) is 0 Å². The number of nitrogens with one attached hydrogen (secondary N) is 2. The Labute approximate surface area is 233 Å². The van der Waals surface area contributed by atoms with Crippen LogP contribution in [-0.4, -0.2) is 40.5 Å². The molecule has 1 aliphatic rings. The highest BCUT2D eigenvalue weighted by atomic mass is 16.6. The highest BCUT2D eigenvalue weighted by Gasteiger charge is 2.43. The lowest BCUT2D eigenvalue weighted by Crippen LogP contribution is -2.59. The lowest BCUT2D eigenvalue weighted by molar-refractivity contribution is -0.148.